The number of nitrogens with zero attached hydrogens (tertiary/aromatic N) is 3. The zero-order chi connectivity index (χ0) is 14.1. The molecule has 1 heterocycles. The molecule has 0 radical (unpaired) electrons. The molecule has 0 aliphatic heterocycles. The highest BCUT2D eigenvalue weighted by Gasteiger charge is 2.31. The highest BCUT2D eigenvalue weighted by molar-refractivity contribution is 5.58. The van der Waals surface area contributed by atoms with Crippen LogP contribution in [0.3, 0.4) is 0 Å². The van der Waals surface area contributed by atoms with Gasteiger partial charge in [0.15, 0.2) is 0 Å². The van der Waals surface area contributed by atoms with Crippen molar-refractivity contribution in [3.8, 4) is 0 Å². The Bertz CT molecular complexity index is 464. The molecule has 0 saturated heterocycles. The second kappa shape index (κ2) is 5.58. The predicted octanol–water partition coefficient (Wildman–Crippen LogP) is 3.02. The Kier molecular flexibility index (Phi) is 3.81. The molecule has 1 aromatic heterocycles. The third-order valence-corrected chi connectivity index (χ3v) is 4.37. The summed E-state index contributed by atoms with van der Waals surface area (Å²) in [7, 11) is 1.95. The number of rotatable bonds is 7. The van der Waals surface area contributed by atoms with Crippen molar-refractivity contribution in [2.24, 2.45) is 11.8 Å². The van der Waals surface area contributed by atoms with Gasteiger partial charge in [0.05, 0.1) is 0 Å². The fraction of sp³-hybridized carbons (Fsp3) is 0.750. The van der Waals surface area contributed by atoms with Crippen molar-refractivity contribution in [1.29, 1.82) is 0 Å². The molecule has 0 aromatic carbocycles. The fourth-order valence-corrected chi connectivity index (χ4v) is 2.73. The van der Waals surface area contributed by atoms with Crippen LogP contribution in [0.2, 0.25) is 0 Å². The smallest absolute Gasteiger partial charge is 0.137 e. The maximum atomic E-state index is 4.84. The highest BCUT2D eigenvalue weighted by atomic mass is 15.2. The van der Waals surface area contributed by atoms with E-state index in [-0.39, 0.29) is 0 Å². The normalized spacial score (nSPS) is 18.1. The van der Waals surface area contributed by atoms with Gasteiger partial charge in [-0.15, -0.1) is 0 Å². The summed E-state index contributed by atoms with van der Waals surface area (Å²) in [5, 5.41) is 3.23. The molecular weight excluding hydrogens is 248 g/mol. The van der Waals surface area contributed by atoms with E-state index in [9.17, 15) is 0 Å². The van der Waals surface area contributed by atoms with Gasteiger partial charge in [0.25, 0.3) is 0 Å². The van der Waals surface area contributed by atoms with Gasteiger partial charge in [0, 0.05) is 32.1 Å². The molecule has 0 spiro atoms. The minimum atomic E-state index is 0.892. The Morgan fingerprint density at radius 1 is 1.10 bits per heavy atom. The molecule has 0 unspecified atom stereocenters. The summed E-state index contributed by atoms with van der Waals surface area (Å²) >= 11 is 0. The van der Waals surface area contributed by atoms with Crippen molar-refractivity contribution in [2.45, 2.75) is 46.0 Å². The second-order valence-electron chi connectivity index (χ2n) is 6.33. The lowest BCUT2D eigenvalue weighted by molar-refractivity contribution is 0.666. The van der Waals surface area contributed by atoms with Crippen LogP contribution in [0.1, 0.15) is 44.0 Å². The maximum Gasteiger partial charge on any atom is 0.137 e. The fourth-order valence-electron chi connectivity index (χ4n) is 2.73. The van der Waals surface area contributed by atoms with E-state index in [4.69, 9.17) is 4.98 Å². The van der Waals surface area contributed by atoms with Gasteiger partial charge < -0.3 is 10.2 Å². The molecule has 4 heteroatoms. The van der Waals surface area contributed by atoms with Crippen LogP contribution in [-0.2, 0) is 6.42 Å². The first kappa shape index (κ1) is 13.7. The third-order valence-electron chi connectivity index (χ3n) is 4.37. The Balaban J connectivity index is 1.89. The van der Waals surface area contributed by atoms with Gasteiger partial charge in [-0.2, -0.15) is 0 Å². The van der Waals surface area contributed by atoms with Crippen LogP contribution in [-0.4, -0.2) is 30.1 Å². The van der Waals surface area contributed by atoms with Crippen LogP contribution < -0.4 is 10.2 Å². The van der Waals surface area contributed by atoms with E-state index < -0.39 is 0 Å². The van der Waals surface area contributed by atoms with Gasteiger partial charge in [0.2, 0.25) is 0 Å². The van der Waals surface area contributed by atoms with Crippen LogP contribution in [0, 0.1) is 18.8 Å². The molecule has 1 N–H and O–H groups in total. The first-order valence-electron chi connectivity index (χ1n) is 8.01. The number of nitrogens with one attached hydrogen (secondary N) is 1. The molecule has 0 atom stereocenters. The maximum absolute atomic E-state index is 4.84. The topological polar surface area (TPSA) is 41.1 Å². The number of hydrogen-bond donors (Lipinski definition) is 1. The lowest BCUT2D eigenvalue weighted by atomic mass is 10.2. The summed E-state index contributed by atoms with van der Waals surface area (Å²) in [6.07, 6.45) is 6.47. The molecule has 4 nitrogen and oxygen atoms in total. The van der Waals surface area contributed by atoms with Gasteiger partial charge in [0.1, 0.15) is 17.5 Å². The second-order valence-corrected chi connectivity index (χ2v) is 6.33. The summed E-state index contributed by atoms with van der Waals surface area (Å²) in [6.45, 7) is 6.63. The SMILES string of the molecule is CCc1nc(NC)c(C)c(N(CC2CC2)CC2CC2)n1. The predicted molar refractivity (Wildman–Crippen MR) is 83.4 cm³/mol. The number of aromatic nitrogens is 2. The van der Waals surface area contributed by atoms with Crippen LogP contribution in [0.4, 0.5) is 11.6 Å². The van der Waals surface area contributed by atoms with Crippen molar-refractivity contribution < 1.29 is 0 Å². The van der Waals surface area contributed by atoms with E-state index in [1.54, 1.807) is 0 Å². The van der Waals surface area contributed by atoms with Crippen LogP contribution in [0.25, 0.3) is 0 Å². The van der Waals surface area contributed by atoms with Crippen molar-refractivity contribution in [3.05, 3.63) is 11.4 Å². The summed E-state index contributed by atoms with van der Waals surface area (Å²) < 4.78 is 0. The van der Waals surface area contributed by atoms with Crippen molar-refractivity contribution in [1.82, 2.24) is 9.97 Å². The quantitative estimate of drug-likeness (QED) is 0.830. The van der Waals surface area contributed by atoms with Crippen LogP contribution >= 0.6 is 0 Å². The summed E-state index contributed by atoms with van der Waals surface area (Å²) in [6, 6.07) is 0. The molecular formula is C16H26N4. The first-order valence-corrected chi connectivity index (χ1v) is 8.01. The van der Waals surface area contributed by atoms with Crippen molar-refractivity contribution in [2.75, 3.05) is 30.4 Å². The van der Waals surface area contributed by atoms with Crippen molar-refractivity contribution >= 4 is 11.6 Å². The van der Waals surface area contributed by atoms with E-state index in [2.05, 4.69) is 29.0 Å². The zero-order valence-corrected chi connectivity index (χ0v) is 12.9. The van der Waals surface area contributed by atoms with E-state index in [0.717, 1.165) is 29.9 Å². The summed E-state index contributed by atoms with van der Waals surface area (Å²) in [4.78, 5) is 12.0. The van der Waals surface area contributed by atoms with Crippen LogP contribution in [0.5, 0.6) is 0 Å². The Hall–Kier alpha value is -1.32. The Labute approximate surface area is 122 Å². The van der Waals surface area contributed by atoms with Gasteiger partial charge in [-0.05, 0) is 44.4 Å². The minimum Gasteiger partial charge on any atom is -0.373 e. The number of anilines is 2. The van der Waals surface area contributed by atoms with Gasteiger partial charge >= 0.3 is 0 Å². The molecule has 3 rings (SSSR count). The monoisotopic (exact) mass is 274 g/mol. The van der Waals surface area contributed by atoms with Gasteiger partial charge in [-0.1, -0.05) is 6.92 Å². The van der Waals surface area contributed by atoms with Gasteiger partial charge in [-0.25, -0.2) is 9.97 Å². The number of aryl methyl sites for hydroxylation is 1. The zero-order valence-electron chi connectivity index (χ0n) is 12.9. The molecule has 1 aromatic rings. The molecule has 110 valence electrons. The Morgan fingerprint density at radius 2 is 1.70 bits per heavy atom. The van der Waals surface area contributed by atoms with Gasteiger partial charge in [-0.3, -0.25) is 0 Å². The Morgan fingerprint density at radius 3 is 2.15 bits per heavy atom. The summed E-state index contributed by atoms with van der Waals surface area (Å²) in [5.74, 6) is 4.90. The van der Waals surface area contributed by atoms with E-state index in [1.165, 1.54) is 50.2 Å². The molecule has 2 aliphatic carbocycles. The average molecular weight is 274 g/mol. The standard InChI is InChI=1S/C16H26N4/c1-4-14-18-15(17-3)11(2)16(19-14)20(9-12-5-6-12)10-13-7-8-13/h12-13H,4-10H2,1-3H3,(H,17,18,19). The largest absolute Gasteiger partial charge is 0.373 e. The lowest BCUT2D eigenvalue weighted by Crippen LogP contribution is -2.30. The molecule has 2 aliphatic rings. The molecule has 2 saturated carbocycles. The molecule has 0 bridgehead atoms. The third kappa shape index (κ3) is 3.05. The number of hydrogen-bond acceptors (Lipinski definition) is 4. The lowest BCUT2D eigenvalue weighted by Gasteiger charge is -2.26. The average Bonchev–Trinajstić information content (AvgIpc) is 3.34. The van der Waals surface area contributed by atoms with Crippen molar-refractivity contribution in [3.63, 3.8) is 0 Å². The first-order chi connectivity index (χ1) is 9.71. The van der Waals surface area contributed by atoms with E-state index in [0.29, 0.717) is 0 Å². The van der Waals surface area contributed by atoms with E-state index >= 15 is 0 Å². The highest BCUT2D eigenvalue weighted by Crippen LogP contribution is 2.36. The summed E-state index contributed by atoms with van der Waals surface area (Å²) in [5.41, 5.74) is 1.20. The minimum absolute atomic E-state index is 0.892. The van der Waals surface area contributed by atoms with Crippen LogP contribution in [0.15, 0.2) is 0 Å². The van der Waals surface area contributed by atoms with E-state index in [1.807, 2.05) is 7.05 Å². The molecule has 0 amide bonds. The molecule has 2 fully saturated rings. The molecule has 20 heavy (non-hydrogen) atoms.